The zero-order valence-electron chi connectivity index (χ0n) is 10.0. The second-order valence-electron chi connectivity index (χ2n) is 4.05. The molecule has 0 aliphatic heterocycles. The van der Waals surface area contributed by atoms with Crippen molar-refractivity contribution in [1.29, 1.82) is 5.26 Å². The van der Waals surface area contributed by atoms with Crippen LogP contribution in [0.5, 0.6) is 0 Å². The van der Waals surface area contributed by atoms with Crippen molar-refractivity contribution in [2.75, 3.05) is 0 Å². The normalized spacial score (nSPS) is 10.7. The van der Waals surface area contributed by atoms with E-state index in [1.807, 2.05) is 29.8 Å². The van der Waals surface area contributed by atoms with E-state index in [0.29, 0.717) is 5.56 Å². The lowest BCUT2D eigenvalue weighted by molar-refractivity contribution is 1.16. The maximum Gasteiger partial charge on any atom is 0.138 e. The van der Waals surface area contributed by atoms with Crippen molar-refractivity contribution in [2.45, 2.75) is 13.8 Å². The van der Waals surface area contributed by atoms with Crippen molar-refractivity contribution >= 4 is 17.0 Å². The molecule has 3 rings (SSSR count). The summed E-state index contributed by atoms with van der Waals surface area (Å²) in [5.74, 6) is 0. The largest absolute Gasteiger partial charge is 0.298 e. The van der Waals surface area contributed by atoms with Crippen LogP contribution in [0.2, 0.25) is 0 Å². The summed E-state index contributed by atoms with van der Waals surface area (Å²) in [6.07, 6.45) is 1.87. The number of nitriles is 1. The van der Waals surface area contributed by atoms with Crippen molar-refractivity contribution in [3.05, 3.63) is 40.0 Å². The molecule has 88 valence electrons. The Bertz CT molecular complexity index is 776. The molecule has 3 heterocycles. The molecule has 0 atom stereocenters. The molecule has 0 saturated heterocycles. The van der Waals surface area contributed by atoms with Gasteiger partial charge in [0.25, 0.3) is 0 Å². The molecule has 3 aromatic rings. The van der Waals surface area contributed by atoms with Crippen molar-refractivity contribution in [3.63, 3.8) is 0 Å². The van der Waals surface area contributed by atoms with E-state index in [4.69, 9.17) is 5.26 Å². The molecular weight excluding hydrogens is 244 g/mol. The fraction of sp³-hybridized carbons (Fsp3) is 0.154. The van der Waals surface area contributed by atoms with Gasteiger partial charge in [0, 0.05) is 11.6 Å². The van der Waals surface area contributed by atoms with E-state index in [9.17, 15) is 0 Å². The molecule has 0 fully saturated rings. The second-order valence-corrected chi connectivity index (χ2v) is 5.12. The van der Waals surface area contributed by atoms with Crippen molar-refractivity contribution in [3.8, 4) is 17.5 Å². The number of nitrogens with zero attached hydrogens (tertiary/aromatic N) is 4. The first-order valence-electron chi connectivity index (χ1n) is 5.50. The lowest BCUT2D eigenvalue weighted by Crippen LogP contribution is -1.90. The highest BCUT2D eigenvalue weighted by Crippen LogP contribution is 2.26. The summed E-state index contributed by atoms with van der Waals surface area (Å²) in [5, 5.41) is 12.0. The highest BCUT2D eigenvalue weighted by Gasteiger charge is 2.13. The average Bonchev–Trinajstić information content (AvgIpc) is 2.90. The minimum absolute atomic E-state index is 0.619. The molecule has 4 nitrogen and oxygen atoms in total. The zero-order chi connectivity index (χ0) is 12.7. The molecule has 0 N–H and O–H groups in total. The summed E-state index contributed by atoms with van der Waals surface area (Å²) < 4.78 is 1.98. The number of thiazole rings is 1. The van der Waals surface area contributed by atoms with Gasteiger partial charge in [-0.3, -0.25) is 4.40 Å². The smallest absolute Gasteiger partial charge is 0.138 e. The van der Waals surface area contributed by atoms with Gasteiger partial charge >= 0.3 is 0 Å². The number of rotatable bonds is 1. The summed E-state index contributed by atoms with van der Waals surface area (Å²) in [7, 11) is 0. The summed E-state index contributed by atoms with van der Waals surface area (Å²) in [6, 6.07) is 5.70. The summed E-state index contributed by atoms with van der Waals surface area (Å²) in [6.45, 7) is 3.95. The van der Waals surface area contributed by atoms with Gasteiger partial charge < -0.3 is 0 Å². The third kappa shape index (κ3) is 1.59. The maximum atomic E-state index is 8.90. The number of imidazole rings is 1. The number of aryl methyl sites for hydroxylation is 2. The molecule has 0 saturated carbocycles. The number of hydrogen-bond donors (Lipinski definition) is 0. The van der Waals surface area contributed by atoms with Crippen LogP contribution >= 0.6 is 11.3 Å². The van der Waals surface area contributed by atoms with Crippen LogP contribution in [0.15, 0.2) is 23.7 Å². The van der Waals surface area contributed by atoms with Crippen LogP contribution in [0.3, 0.4) is 0 Å². The van der Waals surface area contributed by atoms with Gasteiger partial charge in [0.15, 0.2) is 0 Å². The van der Waals surface area contributed by atoms with Crippen LogP contribution in [0.1, 0.15) is 16.3 Å². The van der Waals surface area contributed by atoms with Crippen LogP contribution in [0.4, 0.5) is 0 Å². The molecule has 0 bridgehead atoms. The van der Waals surface area contributed by atoms with Gasteiger partial charge in [-0.1, -0.05) is 0 Å². The Morgan fingerprint density at radius 2 is 2.17 bits per heavy atom. The van der Waals surface area contributed by atoms with E-state index in [0.717, 1.165) is 27.7 Å². The molecule has 0 amide bonds. The van der Waals surface area contributed by atoms with Gasteiger partial charge in [0.2, 0.25) is 0 Å². The predicted molar refractivity (Wildman–Crippen MR) is 70.5 cm³/mol. The molecule has 0 radical (unpaired) electrons. The van der Waals surface area contributed by atoms with Crippen molar-refractivity contribution < 1.29 is 0 Å². The van der Waals surface area contributed by atoms with Crippen molar-refractivity contribution in [1.82, 2.24) is 14.4 Å². The highest BCUT2D eigenvalue weighted by molar-refractivity contribution is 7.09. The standard InChI is InChI=1S/C13H10N4S/c1-8-13(11-7-18-9(2)16-11)17-4-3-10(6-14)5-12(17)15-8/h3-5,7H,1-2H3. The topological polar surface area (TPSA) is 54.0 Å². The maximum absolute atomic E-state index is 8.90. The van der Waals surface area contributed by atoms with Gasteiger partial charge in [-0.2, -0.15) is 5.26 Å². The van der Waals surface area contributed by atoms with Crippen LogP contribution in [-0.2, 0) is 0 Å². The fourth-order valence-electron chi connectivity index (χ4n) is 2.01. The van der Waals surface area contributed by atoms with Gasteiger partial charge in [0.05, 0.1) is 28.0 Å². The summed E-state index contributed by atoms with van der Waals surface area (Å²) >= 11 is 1.62. The minimum Gasteiger partial charge on any atom is -0.298 e. The molecule has 0 aliphatic carbocycles. The summed E-state index contributed by atoms with van der Waals surface area (Å²) in [5.41, 5.74) is 4.27. The number of hydrogen-bond acceptors (Lipinski definition) is 4. The number of aromatic nitrogens is 3. The third-order valence-electron chi connectivity index (χ3n) is 2.79. The second kappa shape index (κ2) is 3.93. The Morgan fingerprint density at radius 1 is 1.33 bits per heavy atom. The molecule has 5 heteroatoms. The number of fused-ring (bicyclic) bond motifs is 1. The van der Waals surface area contributed by atoms with Gasteiger partial charge in [-0.05, 0) is 26.0 Å². The van der Waals surface area contributed by atoms with E-state index >= 15 is 0 Å². The first kappa shape index (κ1) is 10.9. The molecule has 18 heavy (non-hydrogen) atoms. The van der Waals surface area contributed by atoms with Crippen LogP contribution in [-0.4, -0.2) is 14.4 Å². The van der Waals surface area contributed by atoms with Gasteiger partial charge in [0.1, 0.15) is 11.3 Å². The van der Waals surface area contributed by atoms with Gasteiger partial charge in [-0.15, -0.1) is 11.3 Å². The van der Waals surface area contributed by atoms with E-state index in [1.165, 1.54) is 0 Å². The lowest BCUT2D eigenvalue weighted by atomic mass is 10.2. The summed E-state index contributed by atoms with van der Waals surface area (Å²) in [4.78, 5) is 8.98. The molecular formula is C13H10N4S. The highest BCUT2D eigenvalue weighted by atomic mass is 32.1. The Hall–Kier alpha value is -2.19. The van der Waals surface area contributed by atoms with Gasteiger partial charge in [-0.25, -0.2) is 9.97 Å². The van der Waals surface area contributed by atoms with E-state index in [2.05, 4.69) is 16.0 Å². The fourth-order valence-corrected chi connectivity index (χ4v) is 2.61. The monoisotopic (exact) mass is 254 g/mol. The quantitative estimate of drug-likeness (QED) is 0.671. The molecule has 3 aromatic heterocycles. The lowest BCUT2D eigenvalue weighted by Gasteiger charge is -1.99. The van der Waals surface area contributed by atoms with Crippen molar-refractivity contribution in [2.24, 2.45) is 0 Å². The van der Waals surface area contributed by atoms with E-state index < -0.39 is 0 Å². The predicted octanol–water partition coefficient (Wildman–Crippen LogP) is 2.95. The first-order valence-corrected chi connectivity index (χ1v) is 6.38. The van der Waals surface area contributed by atoms with Crippen LogP contribution in [0, 0.1) is 25.2 Å². The van der Waals surface area contributed by atoms with Crippen LogP contribution < -0.4 is 0 Å². The molecule has 0 aliphatic rings. The molecule has 0 aromatic carbocycles. The van der Waals surface area contributed by atoms with E-state index in [-0.39, 0.29) is 0 Å². The third-order valence-corrected chi connectivity index (χ3v) is 3.56. The minimum atomic E-state index is 0.619. The van der Waals surface area contributed by atoms with E-state index in [1.54, 1.807) is 23.5 Å². The number of pyridine rings is 1. The Balaban J connectivity index is 2.30. The Morgan fingerprint density at radius 3 is 2.83 bits per heavy atom. The van der Waals surface area contributed by atoms with Crippen LogP contribution in [0.25, 0.3) is 17.0 Å². The first-order chi connectivity index (χ1) is 8.69. The SMILES string of the molecule is Cc1nc(-c2c(C)nc3cc(C#N)ccn23)cs1. The Kier molecular flexibility index (Phi) is 2.39. The zero-order valence-corrected chi connectivity index (χ0v) is 10.8. The average molecular weight is 254 g/mol. The molecule has 0 spiro atoms. The molecule has 0 unspecified atom stereocenters. The Labute approximate surface area is 108 Å².